The molecule has 1 aliphatic heterocycles. The highest BCUT2D eigenvalue weighted by Gasteiger charge is 2.22. The predicted molar refractivity (Wildman–Crippen MR) is 147 cm³/mol. The fourth-order valence-electron chi connectivity index (χ4n) is 4.45. The zero-order valence-corrected chi connectivity index (χ0v) is 21.8. The summed E-state index contributed by atoms with van der Waals surface area (Å²) in [5.41, 5.74) is 2.03. The lowest BCUT2D eigenvalue weighted by atomic mass is 9.97. The summed E-state index contributed by atoms with van der Waals surface area (Å²) in [7, 11) is 0. The maximum absolute atomic E-state index is 13.6. The second-order valence-electron chi connectivity index (χ2n) is 8.64. The number of carbonyl (C=O) groups is 1. The van der Waals surface area contributed by atoms with Gasteiger partial charge in [0.05, 0.1) is 0 Å². The Morgan fingerprint density at radius 1 is 0.886 bits per heavy atom. The zero-order chi connectivity index (χ0) is 23.5. The summed E-state index contributed by atoms with van der Waals surface area (Å²) >= 11 is 1.46. The minimum Gasteiger partial charge on any atom is -0.508 e. The van der Waals surface area contributed by atoms with Crippen molar-refractivity contribution >= 4 is 44.2 Å². The van der Waals surface area contributed by atoms with Gasteiger partial charge in [0.15, 0.2) is 5.78 Å². The van der Waals surface area contributed by atoms with Crippen molar-refractivity contribution in [3.63, 3.8) is 0 Å². The summed E-state index contributed by atoms with van der Waals surface area (Å²) in [4.78, 5) is 16.9. The van der Waals surface area contributed by atoms with Crippen LogP contribution in [-0.2, 0) is 0 Å². The number of likely N-dealkylation sites (tertiary alicyclic amines) is 1. The van der Waals surface area contributed by atoms with E-state index in [-0.39, 0.29) is 34.3 Å². The minimum atomic E-state index is -0.0834. The molecule has 0 unspecified atom stereocenters. The zero-order valence-electron chi connectivity index (χ0n) is 19.3. The second-order valence-corrected chi connectivity index (χ2v) is 9.69. The minimum absolute atomic E-state index is 0. The van der Waals surface area contributed by atoms with Gasteiger partial charge in [0.25, 0.3) is 0 Å². The van der Waals surface area contributed by atoms with Gasteiger partial charge in [-0.25, -0.2) is 0 Å². The largest absolute Gasteiger partial charge is 0.508 e. The van der Waals surface area contributed by atoms with Crippen LogP contribution in [0.3, 0.4) is 0 Å². The van der Waals surface area contributed by atoms with Crippen LogP contribution >= 0.6 is 28.3 Å². The van der Waals surface area contributed by atoms with E-state index in [1.807, 2.05) is 24.3 Å². The van der Waals surface area contributed by atoms with Gasteiger partial charge in [-0.1, -0.05) is 6.42 Å². The number of ether oxygens (including phenoxy) is 1. The first-order valence-electron chi connectivity index (χ1n) is 11.6. The summed E-state index contributed by atoms with van der Waals surface area (Å²) in [6, 6.07) is 19.2. The lowest BCUT2D eigenvalue weighted by Crippen LogP contribution is -2.33. The molecule has 1 fully saturated rings. The average Bonchev–Trinajstić information content (AvgIpc) is 3.23. The second kappa shape index (κ2) is 11.2. The molecule has 0 atom stereocenters. The van der Waals surface area contributed by atoms with Gasteiger partial charge in [0.1, 0.15) is 23.9 Å². The standard InChI is InChI=1S/C28H27NO4S.BrH/c30-21-8-4-20(5-9-21)28-26(24-13-10-22(31)18-25(24)34-28)27(32)19-6-11-23(12-7-19)33-17-16-29-14-2-1-3-15-29;/h4-13,18,30-31H,1-3,14-17H2;1H. The number of benzene rings is 3. The van der Waals surface area contributed by atoms with Crippen LogP contribution in [0.15, 0.2) is 66.7 Å². The van der Waals surface area contributed by atoms with Gasteiger partial charge < -0.3 is 14.9 Å². The molecular formula is C28H28BrNO4S. The molecule has 182 valence electrons. The maximum atomic E-state index is 13.6. The van der Waals surface area contributed by atoms with Crippen LogP contribution in [0.5, 0.6) is 17.2 Å². The Balaban J connectivity index is 0.00000289. The van der Waals surface area contributed by atoms with Crippen molar-refractivity contribution in [3.8, 4) is 27.7 Å². The quantitative estimate of drug-likeness (QED) is 0.250. The molecule has 7 heteroatoms. The van der Waals surface area contributed by atoms with Gasteiger partial charge >= 0.3 is 0 Å². The summed E-state index contributed by atoms with van der Waals surface area (Å²) in [5, 5.41) is 20.4. The summed E-state index contributed by atoms with van der Waals surface area (Å²) in [6.45, 7) is 3.85. The molecule has 3 aromatic carbocycles. The van der Waals surface area contributed by atoms with E-state index in [0.29, 0.717) is 17.7 Å². The number of hydrogen-bond acceptors (Lipinski definition) is 6. The van der Waals surface area contributed by atoms with E-state index in [4.69, 9.17) is 4.74 Å². The van der Waals surface area contributed by atoms with Gasteiger partial charge in [-0.3, -0.25) is 9.69 Å². The molecule has 0 aliphatic carbocycles. The topological polar surface area (TPSA) is 70.0 Å². The number of ketones is 1. The Morgan fingerprint density at radius 2 is 1.57 bits per heavy atom. The van der Waals surface area contributed by atoms with Crippen molar-refractivity contribution in [2.24, 2.45) is 0 Å². The van der Waals surface area contributed by atoms with E-state index in [1.54, 1.807) is 42.5 Å². The third-order valence-corrected chi connectivity index (χ3v) is 7.47. The summed E-state index contributed by atoms with van der Waals surface area (Å²) in [5.74, 6) is 1.01. The van der Waals surface area contributed by atoms with Crippen LogP contribution in [0.2, 0.25) is 0 Å². The third kappa shape index (κ3) is 5.69. The number of rotatable bonds is 7. The molecule has 0 bridgehead atoms. The van der Waals surface area contributed by atoms with Gasteiger partial charge in [0.2, 0.25) is 0 Å². The van der Waals surface area contributed by atoms with Crippen LogP contribution in [-0.4, -0.2) is 47.1 Å². The summed E-state index contributed by atoms with van der Waals surface area (Å²) in [6.07, 6.45) is 3.85. The molecule has 0 amide bonds. The monoisotopic (exact) mass is 553 g/mol. The van der Waals surface area contributed by atoms with Crippen molar-refractivity contribution in [3.05, 3.63) is 77.9 Å². The third-order valence-electron chi connectivity index (χ3n) is 6.27. The Morgan fingerprint density at radius 3 is 2.29 bits per heavy atom. The van der Waals surface area contributed by atoms with E-state index >= 15 is 0 Å². The fourth-order valence-corrected chi connectivity index (χ4v) is 5.69. The van der Waals surface area contributed by atoms with Gasteiger partial charge in [-0.15, -0.1) is 28.3 Å². The fraction of sp³-hybridized carbons (Fsp3) is 0.250. The molecule has 1 aliphatic rings. The highest BCUT2D eigenvalue weighted by Crippen LogP contribution is 2.41. The van der Waals surface area contributed by atoms with E-state index in [0.717, 1.165) is 45.9 Å². The highest BCUT2D eigenvalue weighted by atomic mass is 79.9. The van der Waals surface area contributed by atoms with Gasteiger partial charge in [0, 0.05) is 32.6 Å². The first kappa shape index (κ1) is 25.2. The van der Waals surface area contributed by atoms with E-state index in [1.165, 1.54) is 30.6 Å². The molecule has 1 saturated heterocycles. The molecule has 2 N–H and O–H groups in total. The van der Waals surface area contributed by atoms with E-state index in [2.05, 4.69) is 4.90 Å². The predicted octanol–water partition coefficient (Wildman–Crippen LogP) is 6.65. The number of aromatic hydroxyl groups is 2. The molecule has 4 aromatic rings. The Bertz CT molecular complexity index is 1300. The number of thiophene rings is 1. The SMILES string of the molecule is Br.O=C(c1ccc(OCCN2CCCCC2)cc1)c1c(-c2ccc(O)cc2)sc2cc(O)ccc12. The maximum Gasteiger partial charge on any atom is 0.195 e. The number of phenolic OH excluding ortho intramolecular Hbond substituents is 2. The number of hydrogen-bond donors (Lipinski definition) is 2. The molecule has 0 spiro atoms. The lowest BCUT2D eigenvalue weighted by molar-refractivity contribution is 0.104. The molecule has 35 heavy (non-hydrogen) atoms. The van der Waals surface area contributed by atoms with Gasteiger partial charge in [-0.05, 0) is 98.2 Å². The molecular weight excluding hydrogens is 526 g/mol. The normalized spacial score (nSPS) is 13.9. The Labute approximate surface area is 219 Å². The van der Waals surface area contributed by atoms with Crippen molar-refractivity contribution in [2.45, 2.75) is 19.3 Å². The molecule has 0 radical (unpaired) electrons. The summed E-state index contributed by atoms with van der Waals surface area (Å²) < 4.78 is 6.76. The van der Waals surface area contributed by atoms with Crippen molar-refractivity contribution in [2.75, 3.05) is 26.2 Å². The first-order valence-corrected chi connectivity index (χ1v) is 12.4. The van der Waals surface area contributed by atoms with Crippen LogP contribution in [0.1, 0.15) is 35.2 Å². The highest BCUT2D eigenvalue weighted by molar-refractivity contribution is 8.93. The number of nitrogens with zero attached hydrogens (tertiary/aromatic N) is 1. The number of piperidine rings is 1. The van der Waals surface area contributed by atoms with Crippen LogP contribution in [0.4, 0.5) is 0 Å². The number of halogens is 1. The van der Waals surface area contributed by atoms with Crippen LogP contribution < -0.4 is 4.74 Å². The average molecular weight is 555 g/mol. The smallest absolute Gasteiger partial charge is 0.195 e. The van der Waals surface area contributed by atoms with Crippen molar-refractivity contribution < 1.29 is 19.7 Å². The number of carbonyl (C=O) groups excluding carboxylic acids is 1. The lowest BCUT2D eigenvalue weighted by Gasteiger charge is -2.26. The van der Waals surface area contributed by atoms with Crippen molar-refractivity contribution in [1.82, 2.24) is 4.90 Å². The van der Waals surface area contributed by atoms with Crippen molar-refractivity contribution in [1.29, 1.82) is 0 Å². The molecule has 5 rings (SSSR count). The van der Waals surface area contributed by atoms with Crippen LogP contribution in [0, 0.1) is 0 Å². The Kier molecular flexibility index (Phi) is 8.11. The molecule has 2 heterocycles. The first-order chi connectivity index (χ1) is 16.6. The molecule has 5 nitrogen and oxygen atoms in total. The van der Waals surface area contributed by atoms with E-state index < -0.39 is 0 Å². The van der Waals surface area contributed by atoms with Crippen LogP contribution in [0.25, 0.3) is 20.5 Å². The number of fused-ring (bicyclic) bond motifs is 1. The molecule has 0 saturated carbocycles. The molecule has 1 aromatic heterocycles. The Hall–Kier alpha value is -2.87. The van der Waals surface area contributed by atoms with E-state index in [9.17, 15) is 15.0 Å². The number of phenols is 2. The van der Waals surface area contributed by atoms with Gasteiger partial charge in [-0.2, -0.15) is 0 Å².